The third kappa shape index (κ3) is 5.14. The summed E-state index contributed by atoms with van der Waals surface area (Å²) in [4.78, 5) is 4.58. The van der Waals surface area contributed by atoms with Crippen molar-refractivity contribution in [3.05, 3.63) is 206 Å². The molecule has 0 spiro atoms. The van der Waals surface area contributed by atoms with Crippen LogP contribution in [0.25, 0.3) is 98.5 Å². The summed E-state index contributed by atoms with van der Waals surface area (Å²) in [7, 11) is 0. The third-order valence-electron chi connectivity index (χ3n) is 12.8. The zero-order chi connectivity index (χ0) is 41.9. The van der Waals surface area contributed by atoms with Crippen molar-refractivity contribution in [3.8, 4) is 0 Å². The first-order chi connectivity index (χ1) is 31.7. The fourth-order valence-corrected chi connectivity index (χ4v) is 9.97. The Bertz CT molecular complexity index is 4160. The number of benzene rings is 10. The summed E-state index contributed by atoms with van der Waals surface area (Å²) in [5.41, 5.74) is 12.4. The van der Waals surface area contributed by atoms with E-state index < -0.39 is 0 Å². The molecule has 0 unspecified atom stereocenters. The number of fused-ring (bicyclic) bond motifs is 14. The lowest BCUT2D eigenvalue weighted by Crippen LogP contribution is -2.10. The predicted octanol–water partition coefficient (Wildman–Crippen LogP) is 17.4. The Balaban J connectivity index is 1.04. The molecule has 0 N–H and O–H groups in total. The molecule has 0 saturated heterocycles. The molecule has 6 nitrogen and oxygen atoms in total. The number of hydrogen-bond acceptors (Lipinski definition) is 6. The van der Waals surface area contributed by atoms with Crippen molar-refractivity contribution in [3.63, 3.8) is 0 Å². The molecular weight excluding hydrogens is 789 g/mol. The maximum absolute atomic E-state index is 7.29. The number of para-hydroxylation sites is 5. The molecule has 14 rings (SSSR count). The first-order valence-electron chi connectivity index (χ1n) is 21.5. The molecule has 4 heterocycles. The lowest BCUT2D eigenvalue weighted by Gasteiger charge is -2.26. The van der Waals surface area contributed by atoms with Crippen LogP contribution in [0, 0.1) is 0 Å². The second-order valence-electron chi connectivity index (χ2n) is 16.4. The molecule has 0 aliphatic heterocycles. The number of hydrogen-bond donors (Lipinski definition) is 0. The van der Waals surface area contributed by atoms with Gasteiger partial charge in [-0.15, -0.1) is 0 Å². The molecule has 0 fully saturated rings. The SMILES string of the molecule is c1ccc(N(c2ccc3c(c2)oc2ccccc23)c2cccc3cc4c(cc23)oc2c(N(c3ccccc3)c3ccc5oc6ccccc6c5c3)cc3oc5ccccc5c3c24)cc1. The molecule has 0 bridgehead atoms. The predicted molar refractivity (Wildman–Crippen MR) is 262 cm³/mol. The van der Waals surface area contributed by atoms with Crippen molar-refractivity contribution in [1.82, 2.24) is 0 Å². The highest BCUT2D eigenvalue weighted by Crippen LogP contribution is 2.50. The van der Waals surface area contributed by atoms with Crippen molar-refractivity contribution < 1.29 is 17.7 Å². The van der Waals surface area contributed by atoms with Gasteiger partial charge in [-0.1, -0.05) is 103 Å². The fourth-order valence-electron chi connectivity index (χ4n) is 9.97. The Hall–Kier alpha value is -8.74. The van der Waals surface area contributed by atoms with E-state index in [0.717, 1.165) is 133 Å². The molecular formula is C58H34N2O4. The van der Waals surface area contributed by atoms with E-state index in [2.05, 4.69) is 174 Å². The van der Waals surface area contributed by atoms with Crippen molar-refractivity contribution in [2.45, 2.75) is 0 Å². The van der Waals surface area contributed by atoms with Crippen LogP contribution < -0.4 is 9.80 Å². The molecule has 10 aromatic carbocycles. The van der Waals surface area contributed by atoms with Gasteiger partial charge in [-0.2, -0.15) is 0 Å². The summed E-state index contributed by atoms with van der Waals surface area (Å²) in [5, 5.41) is 10.5. The molecule has 0 radical (unpaired) electrons. The Kier molecular flexibility index (Phi) is 7.30. The summed E-state index contributed by atoms with van der Waals surface area (Å²) in [6.07, 6.45) is 0. The van der Waals surface area contributed by atoms with Gasteiger partial charge in [-0.3, -0.25) is 0 Å². The molecule has 0 atom stereocenters. The maximum atomic E-state index is 7.29. The topological polar surface area (TPSA) is 59.0 Å². The molecule has 4 aromatic heterocycles. The van der Waals surface area contributed by atoms with Gasteiger partial charge in [0.15, 0.2) is 5.58 Å². The fraction of sp³-hybridized carbons (Fsp3) is 0. The van der Waals surface area contributed by atoms with Gasteiger partial charge < -0.3 is 27.5 Å². The summed E-state index contributed by atoms with van der Waals surface area (Å²) in [6, 6.07) is 71.7. The summed E-state index contributed by atoms with van der Waals surface area (Å²) < 4.78 is 26.7. The Morgan fingerprint density at radius 2 is 0.797 bits per heavy atom. The van der Waals surface area contributed by atoms with Gasteiger partial charge in [0.1, 0.15) is 39.1 Å². The van der Waals surface area contributed by atoms with E-state index in [1.807, 2.05) is 42.5 Å². The highest BCUT2D eigenvalue weighted by molar-refractivity contribution is 6.30. The van der Waals surface area contributed by atoms with E-state index >= 15 is 0 Å². The van der Waals surface area contributed by atoms with Gasteiger partial charge in [0, 0.05) is 83.4 Å². The van der Waals surface area contributed by atoms with E-state index in [4.69, 9.17) is 17.7 Å². The van der Waals surface area contributed by atoms with Crippen LogP contribution >= 0.6 is 0 Å². The van der Waals surface area contributed by atoms with Gasteiger partial charge in [-0.25, -0.2) is 0 Å². The van der Waals surface area contributed by atoms with Crippen LogP contribution in [0.1, 0.15) is 0 Å². The third-order valence-corrected chi connectivity index (χ3v) is 12.8. The van der Waals surface area contributed by atoms with Crippen LogP contribution in [0.15, 0.2) is 224 Å². The van der Waals surface area contributed by atoms with Crippen molar-refractivity contribution in [1.29, 1.82) is 0 Å². The van der Waals surface area contributed by atoms with Gasteiger partial charge in [0.05, 0.1) is 11.4 Å². The van der Waals surface area contributed by atoms with Crippen LogP contribution in [0.5, 0.6) is 0 Å². The minimum atomic E-state index is 0.766. The number of furan rings is 4. The average molecular weight is 823 g/mol. The second kappa shape index (κ2) is 13.4. The summed E-state index contributed by atoms with van der Waals surface area (Å²) >= 11 is 0. The molecule has 0 aliphatic rings. The van der Waals surface area contributed by atoms with Crippen LogP contribution in [0.2, 0.25) is 0 Å². The van der Waals surface area contributed by atoms with Gasteiger partial charge in [0.25, 0.3) is 0 Å². The number of rotatable bonds is 6. The first kappa shape index (κ1) is 34.9. The minimum absolute atomic E-state index is 0.766. The molecule has 14 aromatic rings. The normalized spacial score (nSPS) is 12.1. The maximum Gasteiger partial charge on any atom is 0.160 e. The van der Waals surface area contributed by atoms with Crippen molar-refractivity contribution in [2.75, 3.05) is 9.80 Å². The van der Waals surface area contributed by atoms with Crippen LogP contribution in [-0.2, 0) is 0 Å². The lowest BCUT2D eigenvalue weighted by molar-refractivity contribution is 0.663. The Morgan fingerprint density at radius 3 is 1.55 bits per heavy atom. The quantitative estimate of drug-likeness (QED) is 0.166. The molecule has 0 aliphatic carbocycles. The van der Waals surface area contributed by atoms with Crippen LogP contribution in [0.3, 0.4) is 0 Å². The van der Waals surface area contributed by atoms with Gasteiger partial charge >= 0.3 is 0 Å². The van der Waals surface area contributed by atoms with Crippen LogP contribution in [-0.4, -0.2) is 0 Å². The summed E-state index contributed by atoms with van der Waals surface area (Å²) in [5.74, 6) is 0. The van der Waals surface area contributed by atoms with E-state index in [-0.39, 0.29) is 0 Å². The van der Waals surface area contributed by atoms with Gasteiger partial charge in [0.2, 0.25) is 0 Å². The lowest BCUT2D eigenvalue weighted by atomic mass is 10.00. The minimum Gasteiger partial charge on any atom is -0.456 e. The monoisotopic (exact) mass is 822 g/mol. The summed E-state index contributed by atoms with van der Waals surface area (Å²) in [6.45, 7) is 0. The smallest absolute Gasteiger partial charge is 0.160 e. The van der Waals surface area contributed by atoms with Crippen molar-refractivity contribution >= 4 is 133 Å². The average Bonchev–Trinajstić information content (AvgIpc) is 4.11. The van der Waals surface area contributed by atoms with E-state index in [1.54, 1.807) is 0 Å². The van der Waals surface area contributed by atoms with E-state index in [9.17, 15) is 0 Å². The molecule has 300 valence electrons. The molecule has 64 heavy (non-hydrogen) atoms. The number of nitrogens with zero attached hydrogens (tertiary/aromatic N) is 2. The molecule has 0 amide bonds. The van der Waals surface area contributed by atoms with Crippen LogP contribution in [0.4, 0.5) is 34.1 Å². The standard InChI is InChI=1S/C58H34N2O4/c1-3-15-36(16-4-1)59(39-26-28-42-40-19-7-10-23-49(40)62-53(42)32-39)47-22-13-14-35-30-46-54(33-44(35)47)64-58-48(34-55-56(57(46)58)43-21-9-12-25-51(43)63-55)60(37-17-5-2-6-18-37)38-27-29-52-45(31-38)41-20-8-11-24-50(41)61-52/h1-34H. The Labute approximate surface area is 364 Å². The highest BCUT2D eigenvalue weighted by Gasteiger charge is 2.26. The molecule has 6 heteroatoms. The zero-order valence-corrected chi connectivity index (χ0v) is 34.2. The van der Waals surface area contributed by atoms with Gasteiger partial charge in [-0.05, 0) is 96.4 Å². The zero-order valence-electron chi connectivity index (χ0n) is 34.2. The highest BCUT2D eigenvalue weighted by atomic mass is 16.3. The largest absolute Gasteiger partial charge is 0.456 e. The first-order valence-corrected chi connectivity index (χ1v) is 21.5. The van der Waals surface area contributed by atoms with E-state index in [0.29, 0.717) is 0 Å². The van der Waals surface area contributed by atoms with Crippen molar-refractivity contribution in [2.24, 2.45) is 0 Å². The Morgan fingerprint density at radius 1 is 0.250 bits per heavy atom. The number of anilines is 6. The van der Waals surface area contributed by atoms with E-state index in [1.165, 1.54) is 0 Å². The second-order valence-corrected chi connectivity index (χ2v) is 16.4. The molecule has 0 saturated carbocycles.